The highest BCUT2D eigenvalue weighted by atomic mass is 19.4. The third-order valence-electron chi connectivity index (χ3n) is 3.00. The molecule has 1 aromatic rings. The van der Waals surface area contributed by atoms with E-state index in [1.807, 2.05) is 0 Å². The molecule has 0 radical (unpaired) electrons. The molecular weight excluding hydrogens is 259 g/mol. The van der Waals surface area contributed by atoms with E-state index in [9.17, 15) is 13.2 Å². The van der Waals surface area contributed by atoms with Gasteiger partial charge < -0.3 is 10.5 Å². The molecule has 0 aliphatic carbocycles. The molecule has 106 valence electrons. The fraction of sp³-hybridized carbons (Fsp3) is 0.583. The van der Waals surface area contributed by atoms with Crippen molar-refractivity contribution in [3.63, 3.8) is 0 Å². The number of anilines is 1. The predicted molar refractivity (Wildman–Crippen MR) is 64.7 cm³/mol. The van der Waals surface area contributed by atoms with E-state index in [4.69, 9.17) is 10.5 Å². The molecule has 19 heavy (non-hydrogen) atoms. The standard InChI is InChI=1S/C12H16F3N3O/c13-12(14,15)8-18-4-3-9(6-18)7-19-11-2-1-10(16)5-17-11/h1-2,5,9H,3-4,6-8,16H2. The molecule has 0 amide bonds. The Labute approximate surface area is 109 Å². The van der Waals surface area contributed by atoms with Gasteiger partial charge in [-0.3, -0.25) is 4.90 Å². The SMILES string of the molecule is Nc1ccc(OCC2CCN(CC(F)(F)F)C2)nc1. The third-order valence-corrected chi connectivity index (χ3v) is 3.00. The Morgan fingerprint density at radius 3 is 2.84 bits per heavy atom. The second-order valence-electron chi connectivity index (χ2n) is 4.75. The average Bonchev–Trinajstić information content (AvgIpc) is 2.73. The van der Waals surface area contributed by atoms with Crippen molar-refractivity contribution in [2.45, 2.75) is 12.6 Å². The van der Waals surface area contributed by atoms with Gasteiger partial charge in [-0.25, -0.2) is 4.98 Å². The van der Waals surface area contributed by atoms with Crippen molar-refractivity contribution < 1.29 is 17.9 Å². The number of nitrogens with two attached hydrogens (primary N) is 1. The molecular formula is C12H16F3N3O. The van der Waals surface area contributed by atoms with E-state index in [1.165, 1.54) is 11.1 Å². The number of rotatable bonds is 4. The maximum atomic E-state index is 12.2. The third kappa shape index (κ3) is 4.59. The Balaban J connectivity index is 1.75. The number of hydrogen-bond acceptors (Lipinski definition) is 4. The van der Waals surface area contributed by atoms with E-state index in [0.29, 0.717) is 37.7 Å². The first kappa shape index (κ1) is 13.9. The quantitative estimate of drug-likeness (QED) is 0.912. The van der Waals surface area contributed by atoms with Crippen molar-refractivity contribution in [1.82, 2.24) is 9.88 Å². The van der Waals surface area contributed by atoms with Crippen LogP contribution < -0.4 is 10.5 Å². The van der Waals surface area contributed by atoms with Gasteiger partial charge in [0, 0.05) is 18.5 Å². The Bertz CT molecular complexity index is 408. The highest BCUT2D eigenvalue weighted by Gasteiger charge is 2.34. The molecule has 1 atom stereocenters. The van der Waals surface area contributed by atoms with Gasteiger partial charge in [0.2, 0.25) is 5.88 Å². The van der Waals surface area contributed by atoms with Gasteiger partial charge in [-0.15, -0.1) is 0 Å². The summed E-state index contributed by atoms with van der Waals surface area (Å²) in [6.45, 7) is 0.409. The lowest BCUT2D eigenvalue weighted by Crippen LogP contribution is -2.32. The second-order valence-corrected chi connectivity index (χ2v) is 4.75. The Kier molecular flexibility index (Phi) is 4.14. The van der Waals surface area contributed by atoms with Crippen molar-refractivity contribution in [3.05, 3.63) is 18.3 Å². The highest BCUT2D eigenvalue weighted by molar-refractivity contribution is 5.35. The molecule has 7 heteroatoms. The molecule has 2 heterocycles. The minimum Gasteiger partial charge on any atom is -0.477 e. The van der Waals surface area contributed by atoms with E-state index in [0.717, 1.165) is 0 Å². The van der Waals surface area contributed by atoms with Gasteiger partial charge in [0.25, 0.3) is 0 Å². The Morgan fingerprint density at radius 2 is 2.21 bits per heavy atom. The van der Waals surface area contributed by atoms with Crippen LogP contribution in [0, 0.1) is 5.92 Å². The first-order valence-corrected chi connectivity index (χ1v) is 6.06. The monoisotopic (exact) mass is 275 g/mol. The lowest BCUT2D eigenvalue weighted by Gasteiger charge is -2.17. The first-order valence-electron chi connectivity index (χ1n) is 6.06. The number of ether oxygens (including phenoxy) is 1. The summed E-state index contributed by atoms with van der Waals surface area (Å²) in [5.41, 5.74) is 6.04. The molecule has 0 saturated carbocycles. The summed E-state index contributed by atoms with van der Waals surface area (Å²) >= 11 is 0. The zero-order valence-corrected chi connectivity index (χ0v) is 10.4. The molecule has 1 aliphatic heterocycles. The number of halogens is 3. The summed E-state index contributed by atoms with van der Waals surface area (Å²) in [7, 11) is 0. The van der Waals surface area contributed by atoms with Crippen LogP contribution in [0.3, 0.4) is 0 Å². The molecule has 2 N–H and O–H groups in total. The maximum Gasteiger partial charge on any atom is 0.401 e. The predicted octanol–water partition coefficient (Wildman–Crippen LogP) is 1.93. The van der Waals surface area contributed by atoms with Gasteiger partial charge in [0.05, 0.1) is 25.0 Å². The fourth-order valence-corrected chi connectivity index (χ4v) is 2.13. The van der Waals surface area contributed by atoms with E-state index < -0.39 is 12.7 Å². The van der Waals surface area contributed by atoms with Crippen LogP contribution in [0.4, 0.5) is 18.9 Å². The molecule has 1 unspecified atom stereocenters. The number of hydrogen-bond donors (Lipinski definition) is 1. The number of nitrogen functional groups attached to an aromatic ring is 1. The smallest absolute Gasteiger partial charge is 0.401 e. The van der Waals surface area contributed by atoms with Gasteiger partial charge >= 0.3 is 6.18 Å². The van der Waals surface area contributed by atoms with Crippen molar-refractivity contribution in [2.24, 2.45) is 5.92 Å². The summed E-state index contributed by atoms with van der Waals surface area (Å²) in [6.07, 6.45) is -1.93. The summed E-state index contributed by atoms with van der Waals surface area (Å²) < 4.78 is 42.1. The number of pyridine rings is 1. The van der Waals surface area contributed by atoms with Crippen LogP contribution in [-0.2, 0) is 0 Å². The largest absolute Gasteiger partial charge is 0.477 e. The van der Waals surface area contributed by atoms with Crippen molar-refractivity contribution >= 4 is 5.69 Å². The van der Waals surface area contributed by atoms with Crippen LogP contribution in [0.2, 0.25) is 0 Å². The van der Waals surface area contributed by atoms with Crippen molar-refractivity contribution in [1.29, 1.82) is 0 Å². The van der Waals surface area contributed by atoms with Crippen LogP contribution in [0.1, 0.15) is 6.42 Å². The molecule has 1 fully saturated rings. The highest BCUT2D eigenvalue weighted by Crippen LogP contribution is 2.23. The van der Waals surface area contributed by atoms with E-state index in [2.05, 4.69) is 4.98 Å². The molecule has 1 aliphatic rings. The molecule has 0 spiro atoms. The van der Waals surface area contributed by atoms with Gasteiger partial charge in [-0.1, -0.05) is 0 Å². The van der Waals surface area contributed by atoms with Crippen LogP contribution in [0.15, 0.2) is 18.3 Å². The summed E-state index contributed by atoms with van der Waals surface area (Å²) in [6, 6.07) is 3.32. The minimum atomic E-state index is -4.13. The van der Waals surface area contributed by atoms with E-state index >= 15 is 0 Å². The Morgan fingerprint density at radius 1 is 1.42 bits per heavy atom. The average molecular weight is 275 g/mol. The lowest BCUT2D eigenvalue weighted by molar-refractivity contribution is -0.143. The zero-order valence-electron chi connectivity index (χ0n) is 10.4. The van der Waals surface area contributed by atoms with E-state index in [-0.39, 0.29) is 5.92 Å². The first-order chi connectivity index (χ1) is 8.92. The topological polar surface area (TPSA) is 51.4 Å². The molecule has 2 rings (SSSR count). The molecule has 1 saturated heterocycles. The van der Waals surface area contributed by atoms with Crippen LogP contribution in [-0.4, -0.2) is 42.3 Å². The van der Waals surface area contributed by atoms with Crippen molar-refractivity contribution in [3.8, 4) is 5.88 Å². The van der Waals surface area contributed by atoms with Crippen molar-refractivity contribution in [2.75, 3.05) is 32.0 Å². The fourth-order valence-electron chi connectivity index (χ4n) is 2.13. The van der Waals surface area contributed by atoms with Gasteiger partial charge in [-0.05, 0) is 19.0 Å². The lowest BCUT2D eigenvalue weighted by atomic mass is 10.1. The number of aromatic nitrogens is 1. The Hall–Kier alpha value is -1.50. The minimum absolute atomic E-state index is 0.113. The number of nitrogens with zero attached hydrogens (tertiary/aromatic N) is 2. The van der Waals surface area contributed by atoms with Crippen LogP contribution in [0.5, 0.6) is 5.88 Å². The molecule has 0 bridgehead atoms. The van der Waals surface area contributed by atoms with Gasteiger partial charge in [0.15, 0.2) is 0 Å². The summed E-state index contributed by atoms with van der Waals surface area (Å²) in [4.78, 5) is 5.38. The summed E-state index contributed by atoms with van der Waals surface area (Å²) in [5, 5.41) is 0. The molecule has 1 aromatic heterocycles. The second kappa shape index (κ2) is 5.64. The molecule has 0 aromatic carbocycles. The maximum absolute atomic E-state index is 12.2. The molecule has 4 nitrogen and oxygen atoms in total. The normalized spacial score (nSPS) is 20.7. The van der Waals surface area contributed by atoms with Gasteiger partial charge in [-0.2, -0.15) is 13.2 Å². The number of alkyl halides is 3. The zero-order chi connectivity index (χ0) is 13.9. The summed E-state index contributed by atoms with van der Waals surface area (Å²) in [5.74, 6) is 0.560. The van der Waals surface area contributed by atoms with E-state index in [1.54, 1.807) is 12.1 Å². The number of likely N-dealkylation sites (tertiary alicyclic amines) is 1. The van der Waals surface area contributed by atoms with Crippen LogP contribution in [0.25, 0.3) is 0 Å². The van der Waals surface area contributed by atoms with Crippen LogP contribution >= 0.6 is 0 Å². The van der Waals surface area contributed by atoms with Gasteiger partial charge in [0.1, 0.15) is 0 Å².